The van der Waals surface area contributed by atoms with Gasteiger partial charge in [-0.2, -0.15) is 0 Å². The van der Waals surface area contributed by atoms with Gasteiger partial charge in [0.15, 0.2) is 0 Å². The lowest BCUT2D eigenvalue weighted by Gasteiger charge is -2.38. The summed E-state index contributed by atoms with van der Waals surface area (Å²) in [6.07, 6.45) is 5.62. The standard InChI is InChI=1S/C22H30N4/c1-25(21-11-5-9-19-10-6-12-24-22(19)21)16-20-17-26(14-13-23-20)15-18-7-3-2-4-8-18/h2-4,6-8,10,12,20-21,23H,5,9,11,13-17H2,1H3. The van der Waals surface area contributed by atoms with E-state index in [0.29, 0.717) is 12.1 Å². The lowest BCUT2D eigenvalue weighted by Crippen LogP contribution is -2.54. The van der Waals surface area contributed by atoms with E-state index in [1.165, 1.54) is 36.1 Å². The van der Waals surface area contributed by atoms with Gasteiger partial charge in [-0.25, -0.2) is 0 Å². The Morgan fingerprint density at radius 2 is 2.08 bits per heavy atom. The number of hydrogen-bond acceptors (Lipinski definition) is 4. The van der Waals surface area contributed by atoms with Crippen molar-refractivity contribution < 1.29 is 0 Å². The van der Waals surface area contributed by atoms with E-state index in [1.807, 2.05) is 6.20 Å². The van der Waals surface area contributed by atoms with Crippen molar-refractivity contribution in [3.8, 4) is 0 Å². The average molecular weight is 351 g/mol. The SMILES string of the molecule is CN(CC1CN(Cc2ccccc2)CCN1)C1CCCc2cccnc21. The van der Waals surface area contributed by atoms with Crippen LogP contribution in [0.4, 0.5) is 0 Å². The predicted octanol–water partition coefficient (Wildman–Crippen LogP) is 2.86. The highest BCUT2D eigenvalue weighted by Crippen LogP contribution is 2.31. The molecule has 2 aromatic rings. The van der Waals surface area contributed by atoms with E-state index >= 15 is 0 Å². The Bertz CT molecular complexity index is 702. The highest BCUT2D eigenvalue weighted by molar-refractivity contribution is 5.25. The molecule has 1 saturated heterocycles. The van der Waals surface area contributed by atoms with Crippen molar-refractivity contribution in [2.24, 2.45) is 0 Å². The minimum absolute atomic E-state index is 0.464. The summed E-state index contributed by atoms with van der Waals surface area (Å²) in [6.45, 7) is 5.44. The van der Waals surface area contributed by atoms with Crippen LogP contribution in [0.15, 0.2) is 48.7 Å². The molecule has 2 aliphatic rings. The van der Waals surface area contributed by atoms with Crippen LogP contribution < -0.4 is 5.32 Å². The first-order chi connectivity index (χ1) is 12.8. The zero-order chi connectivity index (χ0) is 17.8. The molecule has 4 rings (SSSR count). The van der Waals surface area contributed by atoms with Crippen LogP contribution in [0, 0.1) is 0 Å². The molecule has 138 valence electrons. The fourth-order valence-corrected chi connectivity index (χ4v) is 4.49. The van der Waals surface area contributed by atoms with Gasteiger partial charge in [-0.1, -0.05) is 36.4 Å². The lowest BCUT2D eigenvalue weighted by molar-refractivity contribution is 0.138. The number of fused-ring (bicyclic) bond motifs is 1. The number of rotatable bonds is 5. The van der Waals surface area contributed by atoms with Crippen LogP contribution in [0.5, 0.6) is 0 Å². The molecule has 0 bridgehead atoms. The fraction of sp³-hybridized carbons (Fsp3) is 0.500. The maximum absolute atomic E-state index is 4.71. The van der Waals surface area contributed by atoms with Gasteiger partial charge in [-0.05, 0) is 43.5 Å². The minimum atomic E-state index is 0.464. The molecule has 1 fully saturated rings. The Labute approximate surface area is 157 Å². The molecule has 0 saturated carbocycles. The predicted molar refractivity (Wildman–Crippen MR) is 106 cm³/mol. The molecule has 1 aromatic carbocycles. The van der Waals surface area contributed by atoms with E-state index in [1.54, 1.807) is 0 Å². The Morgan fingerprint density at radius 1 is 1.19 bits per heavy atom. The maximum Gasteiger partial charge on any atom is 0.0607 e. The van der Waals surface area contributed by atoms with E-state index in [-0.39, 0.29) is 0 Å². The summed E-state index contributed by atoms with van der Waals surface area (Å²) in [5.74, 6) is 0. The van der Waals surface area contributed by atoms with Gasteiger partial charge in [-0.3, -0.25) is 14.8 Å². The summed E-state index contributed by atoms with van der Waals surface area (Å²) in [4.78, 5) is 9.82. The van der Waals surface area contributed by atoms with Gasteiger partial charge in [0.1, 0.15) is 0 Å². The summed E-state index contributed by atoms with van der Waals surface area (Å²) in [6, 6.07) is 16.1. The van der Waals surface area contributed by atoms with Crippen molar-refractivity contribution in [3.05, 3.63) is 65.5 Å². The summed E-state index contributed by atoms with van der Waals surface area (Å²) < 4.78 is 0. The van der Waals surface area contributed by atoms with Crippen LogP contribution in [-0.4, -0.2) is 54.1 Å². The van der Waals surface area contributed by atoms with Crippen molar-refractivity contribution in [1.82, 2.24) is 20.1 Å². The molecule has 1 aliphatic carbocycles. The largest absolute Gasteiger partial charge is 0.310 e. The van der Waals surface area contributed by atoms with Crippen molar-refractivity contribution >= 4 is 0 Å². The third-order valence-corrected chi connectivity index (χ3v) is 5.79. The highest BCUT2D eigenvalue weighted by Gasteiger charge is 2.28. The highest BCUT2D eigenvalue weighted by atomic mass is 15.2. The molecule has 4 nitrogen and oxygen atoms in total. The second kappa shape index (κ2) is 8.30. The first-order valence-electron chi connectivity index (χ1n) is 9.93. The Kier molecular flexibility index (Phi) is 5.63. The molecule has 1 aliphatic heterocycles. The lowest BCUT2D eigenvalue weighted by atomic mass is 9.91. The molecule has 0 spiro atoms. The van der Waals surface area contributed by atoms with E-state index in [0.717, 1.165) is 32.7 Å². The number of nitrogens with one attached hydrogen (secondary N) is 1. The van der Waals surface area contributed by atoms with Gasteiger partial charge in [-0.15, -0.1) is 0 Å². The van der Waals surface area contributed by atoms with Gasteiger partial charge < -0.3 is 5.32 Å². The number of benzene rings is 1. The second-order valence-electron chi connectivity index (χ2n) is 7.77. The van der Waals surface area contributed by atoms with Crippen LogP contribution in [0.3, 0.4) is 0 Å². The molecule has 2 heterocycles. The molecular weight excluding hydrogens is 320 g/mol. The van der Waals surface area contributed by atoms with Crippen LogP contribution in [-0.2, 0) is 13.0 Å². The molecule has 0 amide bonds. The van der Waals surface area contributed by atoms with E-state index in [9.17, 15) is 0 Å². The quantitative estimate of drug-likeness (QED) is 0.898. The fourth-order valence-electron chi connectivity index (χ4n) is 4.49. The van der Waals surface area contributed by atoms with Crippen LogP contribution in [0.1, 0.15) is 35.7 Å². The monoisotopic (exact) mass is 350 g/mol. The number of pyridine rings is 1. The molecule has 0 radical (unpaired) electrons. The van der Waals surface area contributed by atoms with E-state index < -0.39 is 0 Å². The molecule has 2 atom stereocenters. The number of aromatic nitrogens is 1. The molecule has 1 N–H and O–H groups in total. The van der Waals surface area contributed by atoms with Crippen LogP contribution in [0.2, 0.25) is 0 Å². The summed E-state index contributed by atoms with van der Waals surface area (Å²) in [5, 5.41) is 3.73. The zero-order valence-electron chi connectivity index (χ0n) is 15.8. The number of likely N-dealkylation sites (N-methyl/N-ethyl adjacent to an activating group) is 1. The molecule has 26 heavy (non-hydrogen) atoms. The smallest absolute Gasteiger partial charge is 0.0607 e. The van der Waals surface area contributed by atoms with Crippen molar-refractivity contribution in [3.63, 3.8) is 0 Å². The average Bonchev–Trinajstić information content (AvgIpc) is 2.68. The Hall–Kier alpha value is -1.75. The van der Waals surface area contributed by atoms with Crippen molar-refractivity contribution in [1.29, 1.82) is 0 Å². The molecular formula is C22H30N4. The first kappa shape index (κ1) is 17.7. The molecule has 4 heteroatoms. The molecule has 1 aromatic heterocycles. The number of nitrogens with zero attached hydrogens (tertiary/aromatic N) is 3. The number of aryl methyl sites for hydroxylation is 1. The maximum atomic E-state index is 4.71. The number of piperazine rings is 1. The van der Waals surface area contributed by atoms with E-state index in [2.05, 4.69) is 64.6 Å². The van der Waals surface area contributed by atoms with Crippen molar-refractivity contribution in [2.75, 3.05) is 33.2 Å². The normalized spacial score (nSPS) is 23.8. The molecule has 2 unspecified atom stereocenters. The van der Waals surface area contributed by atoms with Crippen LogP contribution >= 0.6 is 0 Å². The van der Waals surface area contributed by atoms with Gasteiger partial charge in [0.25, 0.3) is 0 Å². The summed E-state index contributed by atoms with van der Waals surface area (Å²) >= 11 is 0. The van der Waals surface area contributed by atoms with Gasteiger partial charge >= 0.3 is 0 Å². The van der Waals surface area contributed by atoms with E-state index in [4.69, 9.17) is 4.98 Å². The third kappa shape index (κ3) is 4.14. The van der Waals surface area contributed by atoms with Crippen molar-refractivity contribution in [2.45, 2.75) is 37.9 Å². The second-order valence-corrected chi connectivity index (χ2v) is 7.77. The summed E-state index contributed by atoms with van der Waals surface area (Å²) in [7, 11) is 2.27. The van der Waals surface area contributed by atoms with Gasteiger partial charge in [0.2, 0.25) is 0 Å². The Morgan fingerprint density at radius 3 is 2.96 bits per heavy atom. The topological polar surface area (TPSA) is 31.4 Å². The zero-order valence-corrected chi connectivity index (χ0v) is 15.8. The number of hydrogen-bond donors (Lipinski definition) is 1. The summed E-state index contributed by atoms with van der Waals surface area (Å²) in [5.41, 5.74) is 4.16. The third-order valence-electron chi connectivity index (χ3n) is 5.79. The first-order valence-corrected chi connectivity index (χ1v) is 9.93. The van der Waals surface area contributed by atoms with Gasteiger partial charge in [0, 0.05) is 45.0 Å². The van der Waals surface area contributed by atoms with Crippen LogP contribution in [0.25, 0.3) is 0 Å². The Balaban J connectivity index is 1.36. The minimum Gasteiger partial charge on any atom is -0.310 e. The van der Waals surface area contributed by atoms with Gasteiger partial charge in [0.05, 0.1) is 11.7 Å².